The molecule has 3 aromatic heterocycles. The summed E-state index contributed by atoms with van der Waals surface area (Å²) >= 11 is 1.62. The van der Waals surface area contributed by atoms with E-state index in [1.165, 1.54) is 6.26 Å². The smallest absolute Gasteiger partial charge is 0.219 e. The van der Waals surface area contributed by atoms with Gasteiger partial charge in [-0.2, -0.15) is 4.31 Å². The second kappa shape index (κ2) is 9.30. The second-order valence-corrected chi connectivity index (χ2v) is 11.6. The van der Waals surface area contributed by atoms with Gasteiger partial charge >= 0.3 is 0 Å². The number of rotatable bonds is 5. The van der Waals surface area contributed by atoms with E-state index >= 15 is 0 Å². The third-order valence-corrected chi connectivity index (χ3v) is 8.49. The maximum absolute atomic E-state index is 12.0. The Labute approximate surface area is 202 Å². The minimum absolute atomic E-state index is 0.000909. The number of hydrogen-bond donors (Lipinski definition) is 1. The summed E-state index contributed by atoms with van der Waals surface area (Å²) in [5.41, 5.74) is 7.23. The van der Waals surface area contributed by atoms with Crippen molar-refractivity contribution in [2.45, 2.75) is 19.1 Å². The summed E-state index contributed by atoms with van der Waals surface area (Å²) in [5, 5.41) is 2.02. The number of anilines is 2. The molecule has 2 atom stereocenters. The summed E-state index contributed by atoms with van der Waals surface area (Å²) in [6.07, 6.45) is 4.55. The van der Waals surface area contributed by atoms with Crippen LogP contribution in [0, 0.1) is 0 Å². The molecule has 0 aromatic carbocycles. The first-order valence-electron chi connectivity index (χ1n) is 11.2. The highest BCUT2D eigenvalue weighted by atomic mass is 32.2. The second-order valence-electron chi connectivity index (χ2n) is 8.76. The molecule has 2 aliphatic rings. The molecule has 3 aromatic rings. The molecule has 0 bridgehead atoms. The van der Waals surface area contributed by atoms with Crippen molar-refractivity contribution < 1.29 is 13.2 Å². The predicted octanol–water partition coefficient (Wildman–Crippen LogP) is 0.901. The number of nitrogens with zero attached hydrogens (tertiary/aromatic N) is 7. The van der Waals surface area contributed by atoms with Crippen LogP contribution in [0.3, 0.4) is 0 Å². The highest BCUT2D eigenvalue weighted by molar-refractivity contribution is 7.88. The topological polar surface area (TPSA) is 131 Å². The first-order chi connectivity index (χ1) is 16.3. The van der Waals surface area contributed by atoms with E-state index < -0.39 is 10.0 Å². The summed E-state index contributed by atoms with van der Waals surface area (Å²) in [7, 11) is -3.18. The third-order valence-electron chi connectivity index (χ3n) is 6.19. The van der Waals surface area contributed by atoms with E-state index in [4.69, 9.17) is 20.4 Å². The number of aromatic nitrogens is 4. The minimum atomic E-state index is -3.18. The number of hydrogen-bond acceptors (Lipinski definition) is 11. The van der Waals surface area contributed by atoms with E-state index in [0.717, 1.165) is 29.1 Å². The van der Waals surface area contributed by atoms with Crippen molar-refractivity contribution in [3.05, 3.63) is 23.8 Å². The van der Waals surface area contributed by atoms with E-state index in [1.54, 1.807) is 28.0 Å². The van der Waals surface area contributed by atoms with Gasteiger partial charge in [-0.05, 0) is 18.4 Å². The molecule has 34 heavy (non-hydrogen) atoms. The first kappa shape index (κ1) is 23.3. The molecule has 11 nitrogen and oxygen atoms in total. The SMILES string of the molecule is C[C@H]1CN(CC2CN(c3nc(-c4cnc(N)nc4)nc4ccsc34)CCO2)CCN1S(C)(=O)=O. The van der Waals surface area contributed by atoms with Crippen LogP contribution in [0.15, 0.2) is 23.8 Å². The van der Waals surface area contributed by atoms with Crippen molar-refractivity contribution in [1.29, 1.82) is 0 Å². The minimum Gasteiger partial charge on any atom is -0.373 e. The first-order valence-corrected chi connectivity index (χ1v) is 13.9. The van der Waals surface area contributed by atoms with Gasteiger partial charge in [-0.1, -0.05) is 0 Å². The maximum atomic E-state index is 12.0. The molecule has 0 spiro atoms. The number of ether oxygens (including phenoxy) is 1. The summed E-state index contributed by atoms with van der Waals surface area (Å²) in [6, 6.07) is 1.94. The Bertz CT molecular complexity index is 1270. The molecular weight excluding hydrogens is 476 g/mol. The van der Waals surface area contributed by atoms with Gasteiger partial charge in [0.05, 0.1) is 34.7 Å². The van der Waals surface area contributed by atoms with Gasteiger partial charge in [0.2, 0.25) is 16.0 Å². The molecule has 0 saturated carbocycles. The quantitative estimate of drug-likeness (QED) is 0.535. The largest absolute Gasteiger partial charge is 0.373 e. The van der Waals surface area contributed by atoms with E-state index in [0.29, 0.717) is 44.2 Å². The number of nitrogens with two attached hydrogens (primary N) is 1. The van der Waals surface area contributed by atoms with Gasteiger partial charge in [0.25, 0.3) is 0 Å². The maximum Gasteiger partial charge on any atom is 0.219 e. The lowest BCUT2D eigenvalue weighted by Gasteiger charge is -2.41. The van der Waals surface area contributed by atoms with Crippen LogP contribution in [0.2, 0.25) is 0 Å². The fourth-order valence-electron chi connectivity index (χ4n) is 4.63. The highest BCUT2D eigenvalue weighted by Crippen LogP contribution is 2.32. The van der Waals surface area contributed by atoms with Crippen molar-refractivity contribution in [1.82, 2.24) is 29.1 Å². The summed E-state index contributed by atoms with van der Waals surface area (Å²) in [4.78, 5) is 22.3. The fourth-order valence-corrected chi connectivity index (χ4v) is 6.61. The van der Waals surface area contributed by atoms with Crippen molar-refractivity contribution in [2.75, 3.05) is 62.8 Å². The van der Waals surface area contributed by atoms with Crippen molar-refractivity contribution in [3.63, 3.8) is 0 Å². The zero-order valence-corrected chi connectivity index (χ0v) is 20.8. The summed E-state index contributed by atoms with van der Waals surface area (Å²) < 4.78 is 32.7. The monoisotopic (exact) mass is 504 g/mol. The van der Waals surface area contributed by atoms with Gasteiger partial charge in [-0.3, -0.25) is 4.90 Å². The van der Waals surface area contributed by atoms with Crippen molar-refractivity contribution in [2.24, 2.45) is 0 Å². The van der Waals surface area contributed by atoms with Crippen LogP contribution in [-0.4, -0.2) is 102 Å². The molecule has 5 rings (SSSR count). The van der Waals surface area contributed by atoms with E-state index in [9.17, 15) is 8.42 Å². The van der Waals surface area contributed by atoms with Crippen LogP contribution < -0.4 is 10.6 Å². The zero-order chi connectivity index (χ0) is 23.9. The highest BCUT2D eigenvalue weighted by Gasteiger charge is 2.32. The number of fused-ring (bicyclic) bond motifs is 1. The molecule has 2 N–H and O–H groups in total. The van der Waals surface area contributed by atoms with Crippen molar-refractivity contribution >= 4 is 43.3 Å². The molecule has 182 valence electrons. The van der Waals surface area contributed by atoms with Crippen LogP contribution in [-0.2, 0) is 14.8 Å². The number of morpholine rings is 1. The fraction of sp³-hybridized carbons (Fsp3) is 0.524. The summed E-state index contributed by atoms with van der Waals surface area (Å²) in [6.45, 7) is 6.62. The Kier molecular flexibility index (Phi) is 6.37. The molecule has 5 heterocycles. The van der Waals surface area contributed by atoms with Gasteiger partial charge in [0.15, 0.2) is 11.6 Å². The lowest BCUT2D eigenvalue weighted by Crippen LogP contribution is -2.56. The Morgan fingerprint density at radius 2 is 1.97 bits per heavy atom. The normalized spacial score (nSPS) is 22.9. The number of nitrogen functional groups attached to an aromatic ring is 1. The Balaban J connectivity index is 1.33. The number of thiophene rings is 1. The molecule has 0 amide bonds. The van der Waals surface area contributed by atoms with Gasteiger partial charge in [-0.15, -0.1) is 11.3 Å². The van der Waals surface area contributed by atoms with Crippen LogP contribution in [0.5, 0.6) is 0 Å². The van der Waals surface area contributed by atoms with Crippen LogP contribution in [0.4, 0.5) is 11.8 Å². The van der Waals surface area contributed by atoms with Crippen LogP contribution >= 0.6 is 11.3 Å². The Morgan fingerprint density at radius 3 is 2.71 bits per heavy atom. The van der Waals surface area contributed by atoms with E-state index in [-0.39, 0.29) is 18.1 Å². The molecular formula is C21H28N8O3S2. The standard InChI is InChI=1S/C21H28N8O3S2/c1-14-11-27(4-5-29(14)34(2,30)31)12-16-13-28(6-7-32-16)20-18-17(3-8-33-18)25-19(26-20)15-9-23-21(22)24-10-15/h3,8-10,14,16H,4-7,11-13H2,1-2H3,(H2,22,23,24)/t14-,16?/m0/s1. The molecule has 2 fully saturated rings. The summed E-state index contributed by atoms with van der Waals surface area (Å²) in [5.74, 6) is 1.66. The Hall–Kier alpha value is -2.45. The molecule has 0 radical (unpaired) electrons. The molecule has 0 aliphatic carbocycles. The number of piperazine rings is 1. The van der Waals surface area contributed by atoms with Crippen LogP contribution in [0.1, 0.15) is 6.92 Å². The molecule has 13 heteroatoms. The molecule has 1 unspecified atom stereocenters. The lowest BCUT2D eigenvalue weighted by molar-refractivity contribution is 0.00480. The van der Waals surface area contributed by atoms with Crippen molar-refractivity contribution in [3.8, 4) is 11.4 Å². The Morgan fingerprint density at radius 1 is 1.18 bits per heavy atom. The zero-order valence-electron chi connectivity index (χ0n) is 19.2. The number of sulfonamides is 1. The van der Waals surface area contributed by atoms with E-state index in [1.807, 2.05) is 18.4 Å². The molecule has 2 aliphatic heterocycles. The predicted molar refractivity (Wildman–Crippen MR) is 132 cm³/mol. The average Bonchev–Trinajstić information content (AvgIpc) is 3.27. The van der Waals surface area contributed by atoms with Gasteiger partial charge < -0.3 is 15.4 Å². The lowest BCUT2D eigenvalue weighted by atomic mass is 10.2. The van der Waals surface area contributed by atoms with Crippen LogP contribution in [0.25, 0.3) is 21.6 Å². The van der Waals surface area contributed by atoms with E-state index in [2.05, 4.69) is 19.8 Å². The third kappa shape index (κ3) is 4.84. The van der Waals surface area contributed by atoms with Gasteiger partial charge in [0, 0.05) is 57.7 Å². The van der Waals surface area contributed by atoms with Gasteiger partial charge in [0.1, 0.15) is 0 Å². The molecule has 2 saturated heterocycles. The van der Waals surface area contributed by atoms with Gasteiger partial charge in [-0.25, -0.2) is 28.4 Å². The average molecular weight is 505 g/mol.